The molecule has 2 fully saturated rings. The minimum atomic E-state index is -2.96. The van der Waals surface area contributed by atoms with Crippen molar-refractivity contribution in [3.8, 4) is 0 Å². The van der Waals surface area contributed by atoms with Crippen molar-refractivity contribution in [1.82, 2.24) is 4.90 Å². The van der Waals surface area contributed by atoms with Gasteiger partial charge in [-0.15, -0.1) is 0 Å². The molecule has 0 aliphatic carbocycles. The molecule has 2 aromatic carbocycles. The number of carbonyl (C=O) groups is 1. The summed E-state index contributed by atoms with van der Waals surface area (Å²) in [7, 11) is -2.96. The molecule has 2 atom stereocenters. The van der Waals surface area contributed by atoms with Gasteiger partial charge in [-0.05, 0) is 42.5 Å². The van der Waals surface area contributed by atoms with Crippen molar-refractivity contribution < 1.29 is 13.2 Å². The zero-order valence-corrected chi connectivity index (χ0v) is 19.7. The fourth-order valence-electron chi connectivity index (χ4n) is 4.26. The molecule has 168 valence electrons. The molecule has 32 heavy (non-hydrogen) atoms. The molecule has 3 heterocycles. The van der Waals surface area contributed by atoms with Gasteiger partial charge in [0.15, 0.2) is 15.0 Å². The van der Waals surface area contributed by atoms with Crippen LogP contribution in [0.3, 0.4) is 0 Å². The highest BCUT2D eigenvalue weighted by Gasteiger charge is 2.42. The van der Waals surface area contributed by atoms with Crippen LogP contribution in [-0.2, 0) is 9.84 Å². The van der Waals surface area contributed by atoms with Crippen molar-refractivity contribution >= 4 is 55.6 Å². The number of piperazine rings is 1. The molecule has 2 aromatic rings. The zero-order valence-electron chi connectivity index (χ0n) is 17.3. The van der Waals surface area contributed by atoms with Gasteiger partial charge in [-0.25, -0.2) is 8.42 Å². The number of hydrogen-bond acceptors (Lipinski definition) is 7. The molecule has 0 radical (unpaired) electrons. The molecule has 2 saturated heterocycles. The highest BCUT2D eigenvalue weighted by molar-refractivity contribution is 8.15. The fraction of sp³-hybridized carbons (Fsp3) is 0.364. The van der Waals surface area contributed by atoms with Crippen LogP contribution in [0.2, 0.25) is 5.02 Å². The van der Waals surface area contributed by atoms with E-state index in [4.69, 9.17) is 11.6 Å². The van der Waals surface area contributed by atoms with Crippen LogP contribution in [0.15, 0.2) is 53.5 Å². The number of hydrogen-bond donors (Lipinski definition) is 1. The van der Waals surface area contributed by atoms with E-state index in [9.17, 15) is 13.2 Å². The van der Waals surface area contributed by atoms with Crippen molar-refractivity contribution in [3.05, 3.63) is 59.1 Å². The molecule has 0 bridgehead atoms. The normalized spacial score (nSPS) is 24.2. The van der Waals surface area contributed by atoms with Gasteiger partial charge >= 0.3 is 0 Å². The minimum Gasteiger partial charge on any atom is -0.368 e. The summed E-state index contributed by atoms with van der Waals surface area (Å²) in [6.45, 7) is 2.84. The molecule has 3 aliphatic heterocycles. The van der Waals surface area contributed by atoms with E-state index in [0.717, 1.165) is 29.6 Å². The van der Waals surface area contributed by atoms with Crippen molar-refractivity contribution in [2.75, 3.05) is 47.9 Å². The Morgan fingerprint density at radius 2 is 1.81 bits per heavy atom. The van der Waals surface area contributed by atoms with Gasteiger partial charge in [-0.2, -0.15) is 0 Å². The molecule has 1 amide bonds. The van der Waals surface area contributed by atoms with Gasteiger partial charge in [-0.1, -0.05) is 29.4 Å². The Labute approximate surface area is 196 Å². The van der Waals surface area contributed by atoms with E-state index >= 15 is 0 Å². The minimum absolute atomic E-state index is 0.00827. The summed E-state index contributed by atoms with van der Waals surface area (Å²) < 4.78 is 23.4. The molecule has 0 spiro atoms. The van der Waals surface area contributed by atoms with Gasteiger partial charge in [0, 0.05) is 53.4 Å². The maximum Gasteiger partial charge on any atom is 0.253 e. The van der Waals surface area contributed by atoms with E-state index in [-0.39, 0.29) is 28.7 Å². The number of thioether (sulfide) groups is 1. The van der Waals surface area contributed by atoms with Crippen LogP contribution in [0.25, 0.3) is 0 Å². The predicted molar refractivity (Wildman–Crippen MR) is 131 cm³/mol. The third-order valence-electron chi connectivity index (χ3n) is 5.94. The molecule has 0 saturated carbocycles. The first-order chi connectivity index (χ1) is 15.4. The van der Waals surface area contributed by atoms with Crippen LogP contribution < -0.4 is 10.2 Å². The molecule has 0 aromatic heterocycles. The van der Waals surface area contributed by atoms with E-state index < -0.39 is 9.84 Å². The van der Waals surface area contributed by atoms with Gasteiger partial charge < -0.3 is 15.1 Å². The van der Waals surface area contributed by atoms with Crippen molar-refractivity contribution in [2.24, 2.45) is 4.99 Å². The number of amides is 1. The fourth-order valence-corrected chi connectivity index (χ4v) is 8.12. The van der Waals surface area contributed by atoms with Gasteiger partial charge in [-0.3, -0.25) is 9.79 Å². The number of nitrogens with zero attached hydrogens (tertiary/aromatic N) is 3. The lowest BCUT2D eigenvalue weighted by molar-refractivity contribution is 0.0747. The van der Waals surface area contributed by atoms with E-state index in [0.29, 0.717) is 23.7 Å². The maximum atomic E-state index is 12.9. The third-order valence-corrected chi connectivity index (χ3v) is 9.32. The molecular weight excluding hydrogens is 468 g/mol. The van der Waals surface area contributed by atoms with Crippen LogP contribution in [0.1, 0.15) is 10.4 Å². The van der Waals surface area contributed by atoms with Gasteiger partial charge in [0.25, 0.3) is 5.91 Å². The van der Waals surface area contributed by atoms with Crippen LogP contribution in [-0.4, -0.2) is 73.4 Å². The summed E-state index contributed by atoms with van der Waals surface area (Å²) in [6, 6.07) is 15.0. The number of halogens is 1. The lowest BCUT2D eigenvalue weighted by Gasteiger charge is -2.36. The van der Waals surface area contributed by atoms with Gasteiger partial charge in [0.05, 0.1) is 17.5 Å². The standard InChI is InChI=1S/C22H23ClN4O3S2/c23-16-2-1-3-18(12-16)26-8-10-27(11-9-26)21(28)15-4-6-17(7-5-15)24-22-25-19-13-32(29,30)14-20(19)31-22/h1-7,12,19-20H,8-11,13-14H2,(H,24,25)/t19-,20+/m0/s1. The highest BCUT2D eigenvalue weighted by Crippen LogP contribution is 2.34. The summed E-state index contributed by atoms with van der Waals surface area (Å²) in [4.78, 5) is 21.6. The van der Waals surface area contributed by atoms with E-state index in [1.807, 2.05) is 53.4 Å². The molecule has 1 N–H and O–H groups in total. The number of carbonyl (C=O) groups excluding carboxylic acids is 1. The first-order valence-electron chi connectivity index (χ1n) is 10.5. The smallest absolute Gasteiger partial charge is 0.253 e. The summed E-state index contributed by atoms with van der Waals surface area (Å²) >= 11 is 7.58. The number of amidine groups is 1. The Morgan fingerprint density at radius 1 is 1.06 bits per heavy atom. The number of sulfone groups is 1. The number of aliphatic imine (C=N–C) groups is 1. The molecule has 3 aliphatic rings. The monoisotopic (exact) mass is 490 g/mol. The van der Waals surface area contributed by atoms with E-state index in [2.05, 4.69) is 15.2 Å². The zero-order chi connectivity index (χ0) is 22.3. The molecule has 7 nitrogen and oxygen atoms in total. The number of fused-ring (bicyclic) bond motifs is 1. The van der Waals surface area contributed by atoms with E-state index in [1.165, 1.54) is 11.8 Å². The van der Waals surface area contributed by atoms with Crippen molar-refractivity contribution in [2.45, 2.75) is 11.3 Å². The van der Waals surface area contributed by atoms with Crippen LogP contribution in [0, 0.1) is 0 Å². The Balaban J connectivity index is 1.17. The summed E-state index contributed by atoms with van der Waals surface area (Å²) in [5, 5.41) is 4.71. The SMILES string of the molecule is O=C(c1ccc(NC2=N[C@H]3CS(=O)(=O)C[C@H]3S2)cc1)N1CCN(c2cccc(Cl)c2)CC1. The second-order valence-electron chi connectivity index (χ2n) is 8.20. The summed E-state index contributed by atoms with van der Waals surface area (Å²) in [6.07, 6.45) is 0. The average Bonchev–Trinajstić information content (AvgIpc) is 3.26. The first kappa shape index (κ1) is 21.6. The van der Waals surface area contributed by atoms with Crippen LogP contribution >= 0.6 is 23.4 Å². The van der Waals surface area contributed by atoms with Crippen LogP contribution in [0.4, 0.5) is 11.4 Å². The van der Waals surface area contributed by atoms with Crippen molar-refractivity contribution in [3.63, 3.8) is 0 Å². The average molecular weight is 491 g/mol. The summed E-state index contributed by atoms with van der Waals surface area (Å²) in [5.74, 6) is 0.345. The molecule has 5 rings (SSSR count). The van der Waals surface area contributed by atoms with Gasteiger partial charge in [0.2, 0.25) is 0 Å². The Bertz CT molecular complexity index is 1160. The Hall–Kier alpha value is -2.23. The molecular formula is C22H23ClN4O3S2. The second-order valence-corrected chi connectivity index (χ2v) is 12.0. The maximum absolute atomic E-state index is 12.9. The largest absolute Gasteiger partial charge is 0.368 e. The lowest BCUT2D eigenvalue weighted by Crippen LogP contribution is -2.48. The predicted octanol–water partition coefficient (Wildman–Crippen LogP) is 2.98. The number of nitrogens with one attached hydrogen (secondary N) is 1. The second kappa shape index (κ2) is 8.61. The third kappa shape index (κ3) is 4.60. The molecule has 0 unspecified atom stereocenters. The Kier molecular flexibility index (Phi) is 5.81. The highest BCUT2D eigenvalue weighted by atomic mass is 35.5. The summed E-state index contributed by atoms with van der Waals surface area (Å²) in [5.41, 5.74) is 2.56. The quantitative estimate of drug-likeness (QED) is 0.712. The van der Waals surface area contributed by atoms with Crippen LogP contribution in [0.5, 0.6) is 0 Å². The first-order valence-corrected chi connectivity index (χ1v) is 13.6. The molecule has 10 heteroatoms. The topological polar surface area (TPSA) is 82.1 Å². The lowest BCUT2D eigenvalue weighted by atomic mass is 10.1. The Morgan fingerprint density at radius 3 is 2.50 bits per heavy atom. The van der Waals surface area contributed by atoms with Crippen molar-refractivity contribution in [1.29, 1.82) is 0 Å². The number of rotatable bonds is 3. The number of benzene rings is 2. The number of anilines is 2. The van der Waals surface area contributed by atoms with Gasteiger partial charge in [0.1, 0.15) is 0 Å². The van der Waals surface area contributed by atoms with E-state index in [1.54, 1.807) is 0 Å².